The zero-order valence-electron chi connectivity index (χ0n) is 7.81. The van der Waals surface area contributed by atoms with Gasteiger partial charge in [-0.2, -0.15) is 4.98 Å². The Labute approximate surface area is 91.6 Å². The number of nitrogen functional groups attached to an aromatic ring is 1. The second-order valence-electron chi connectivity index (χ2n) is 2.92. The minimum absolute atomic E-state index is 0.143. The molecule has 0 saturated carbocycles. The number of nitrogens with two attached hydrogens (primary N) is 1. The zero-order chi connectivity index (χ0) is 10.7. The number of halogens is 1. The molecule has 2 aromatic rings. The van der Waals surface area contributed by atoms with Crippen LogP contribution in [0, 0.1) is 0 Å². The Balaban J connectivity index is 1.96. The molecule has 4 nitrogen and oxygen atoms in total. The zero-order valence-corrected chi connectivity index (χ0v) is 8.57. The van der Waals surface area contributed by atoms with Gasteiger partial charge < -0.3 is 14.9 Å². The van der Waals surface area contributed by atoms with Crippen LogP contribution in [-0.2, 0) is 6.61 Å². The molecule has 1 aromatic heterocycles. The lowest BCUT2D eigenvalue weighted by molar-refractivity contribution is 0.301. The summed E-state index contributed by atoms with van der Waals surface area (Å²) in [5.74, 6) is 0.723. The van der Waals surface area contributed by atoms with Crippen LogP contribution in [-0.4, -0.2) is 4.98 Å². The van der Waals surface area contributed by atoms with Crippen LogP contribution in [0.25, 0.3) is 0 Å². The fraction of sp³-hybridized carbons (Fsp3) is 0.100. The number of oxazole rings is 1. The lowest BCUT2D eigenvalue weighted by Crippen LogP contribution is -1.95. The molecule has 15 heavy (non-hydrogen) atoms. The molecule has 1 heterocycles. The Morgan fingerprint density at radius 2 is 2.07 bits per heavy atom. The lowest BCUT2D eigenvalue weighted by atomic mass is 10.3. The number of anilines is 1. The van der Waals surface area contributed by atoms with Gasteiger partial charge in [0.25, 0.3) is 6.01 Å². The van der Waals surface area contributed by atoms with Crippen molar-refractivity contribution < 1.29 is 9.15 Å². The minimum Gasteiger partial charge on any atom is -0.487 e. The Kier molecular flexibility index (Phi) is 2.78. The molecule has 5 heteroatoms. The van der Waals surface area contributed by atoms with Crippen molar-refractivity contribution in [1.29, 1.82) is 0 Å². The number of hydrogen-bond acceptors (Lipinski definition) is 4. The average Bonchev–Trinajstić information content (AvgIpc) is 2.64. The second kappa shape index (κ2) is 4.23. The quantitative estimate of drug-likeness (QED) is 0.870. The van der Waals surface area contributed by atoms with Crippen LogP contribution in [0.1, 0.15) is 5.69 Å². The Hall–Kier alpha value is -1.68. The average molecular weight is 225 g/mol. The number of benzene rings is 1. The molecule has 0 saturated heterocycles. The topological polar surface area (TPSA) is 61.3 Å². The summed E-state index contributed by atoms with van der Waals surface area (Å²) in [6, 6.07) is 7.23. The largest absolute Gasteiger partial charge is 0.487 e. The summed E-state index contributed by atoms with van der Waals surface area (Å²) in [7, 11) is 0. The molecule has 1 aromatic carbocycles. The SMILES string of the molecule is Nc1nc(COc2ccc(Cl)cc2)co1. The van der Waals surface area contributed by atoms with Crippen molar-refractivity contribution in [2.45, 2.75) is 6.61 Å². The first-order valence-corrected chi connectivity index (χ1v) is 4.70. The van der Waals surface area contributed by atoms with Gasteiger partial charge in [0, 0.05) is 5.02 Å². The number of ether oxygens (including phenoxy) is 1. The van der Waals surface area contributed by atoms with Crippen molar-refractivity contribution in [1.82, 2.24) is 4.98 Å². The van der Waals surface area contributed by atoms with Crippen molar-refractivity contribution in [3.05, 3.63) is 41.2 Å². The van der Waals surface area contributed by atoms with Crippen molar-refractivity contribution in [2.24, 2.45) is 0 Å². The standard InChI is InChI=1S/C10H9ClN2O2/c11-7-1-3-9(4-2-7)14-5-8-6-15-10(12)13-8/h1-4,6H,5H2,(H2,12,13). The van der Waals surface area contributed by atoms with Crippen molar-refractivity contribution >= 4 is 17.6 Å². The summed E-state index contributed by atoms with van der Waals surface area (Å²) in [6.07, 6.45) is 1.46. The first-order chi connectivity index (χ1) is 7.24. The van der Waals surface area contributed by atoms with E-state index in [1.54, 1.807) is 24.3 Å². The molecule has 78 valence electrons. The van der Waals surface area contributed by atoms with E-state index < -0.39 is 0 Å². The highest BCUT2D eigenvalue weighted by molar-refractivity contribution is 6.30. The van der Waals surface area contributed by atoms with Crippen LogP contribution in [0.4, 0.5) is 6.01 Å². The molecular weight excluding hydrogens is 216 g/mol. The third kappa shape index (κ3) is 2.63. The molecule has 0 radical (unpaired) electrons. The van der Waals surface area contributed by atoms with Gasteiger partial charge in [-0.05, 0) is 24.3 Å². The summed E-state index contributed by atoms with van der Waals surface area (Å²) in [5.41, 5.74) is 5.97. The predicted octanol–water partition coefficient (Wildman–Crippen LogP) is 2.49. The third-order valence-corrected chi connectivity index (χ3v) is 2.02. The highest BCUT2D eigenvalue weighted by Gasteiger charge is 2.01. The Morgan fingerprint density at radius 1 is 1.33 bits per heavy atom. The smallest absolute Gasteiger partial charge is 0.292 e. The van der Waals surface area contributed by atoms with Gasteiger partial charge in [-0.1, -0.05) is 11.6 Å². The summed E-state index contributed by atoms with van der Waals surface area (Å²) in [5, 5.41) is 0.674. The molecule has 0 aliphatic rings. The molecule has 0 aliphatic carbocycles. The lowest BCUT2D eigenvalue weighted by Gasteiger charge is -2.02. The molecule has 0 unspecified atom stereocenters. The minimum atomic E-state index is 0.143. The highest BCUT2D eigenvalue weighted by Crippen LogP contribution is 2.16. The number of hydrogen-bond donors (Lipinski definition) is 1. The maximum absolute atomic E-state index is 5.73. The van der Waals surface area contributed by atoms with Crippen molar-refractivity contribution in [3.63, 3.8) is 0 Å². The predicted molar refractivity (Wildman–Crippen MR) is 56.7 cm³/mol. The van der Waals surface area contributed by atoms with Gasteiger partial charge in [-0.25, -0.2) is 0 Å². The highest BCUT2D eigenvalue weighted by atomic mass is 35.5. The van der Waals surface area contributed by atoms with Crippen LogP contribution >= 0.6 is 11.6 Å². The summed E-state index contributed by atoms with van der Waals surface area (Å²) in [6.45, 7) is 0.322. The van der Waals surface area contributed by atoms with Crippen molar-refractivity contribution in [3.8, 4) is 5.75 Å². The molecule has 0 aliphatic heterocycles. The van der Waals surface area contributed by atoms with E-state index >= 15 is 0 Å². The van der Waals surface area contributed by atoms with E-state index in [1.165, 1.54) is 6.26 Å². The van der Waals surface area contributed by atoms with E-state index in [-0.39, 0.29) is 6.01 Å². The number of aromatic nitrogens is 1. The van der Waals surface area contributed by atoms with Gasteiger partial charge >= 0.3 is 0 Å². The normalized spacial score (nSPS) is 10.2. The molecule has 0 atom stereocenters. The molecule has 0 bridgehead atoms. The van der Waals surface area contributed by atoms with Crippen LogP contribution in [0.3, 0.4) is 0 Å². The molecule has 0 amide bonds. The Bertz CT molecular complexity index is 439. The van der Waals surface area contributed by atoms with Crippen LogP contribution in [0.2, 0.25) is 5.02 Å². The maximum atomic E-state index is 5.73. The Morgan fingerprint density at radius 3 is 2.67 bits per heavy atom. The number of rotatable bonds is 3. The van der Waals surface area contributed by atoms with Crippen LogP contribution < -0.4 is 10.5 Å². The molecule has 2 N–H and O–H groups in total. The van der Waals surface area contributed by atoms with Gasteiger partial charge in [0.15, 0.2) is 0 Å². The third-order valence-electron chi connectivity index (χ3n) is 1.77. The molecule has 0 spiro atoms. The van der Waals surface area contributed by atoms with Gasteiger partial charge in [0.05, 0.1) is 0 Å². The number of nitrogens with zero attached hydrogens (tertiary/aromatic N) is 1. The maximum Gasteiger partial charge on any atom is 0.292 e. The summed E-state index contributed by atoms with van der Waals surface area (Å²) in [4.78, 5) is 3.90. The molecular formula is C10H9ClN2O2. The monoisotopic (exact) mass is 224 g/mol. The summed E-state index contributed by atoms with van der Waals surface area (Å²) >= 11 is 5.73. The molecule has 2 rings (SSSR count). The van der Waals surface area contributed by atoms with Crippen LogP contribution in [0.5, 0.6) is 5.75 Å². The first-order valence-electron chi connectivity index (χ1n) is 4.32. The van der Waals surface area contributed by atoms with Gasteiger partial charge in [0.2, 0.25) is 0 Å². The van der Waals surface area contributed by atoms with E-state index in [1.807, 2.05) is 0 Å². The second-order valence-corrected chi connectivity index (χ2v) is 3.36. The summed E-state index contributed by atoms with van der Waals surface area (Å²) < 4.78 is 10.3. The van der Waals surface area contributed by atoms with E-state index in [2.05, 4.69) is 4.98 Å². The van der Waals surface area contributed by atoms with Gasteiger partial charge in [0.1, 0.15) is 24.3 Å². The molecule has 0 fully saturated rings. The van der Waals surface area contributed by atoms with Crippen molar-refractivity contribution in [2.75, 3.05) is 5.73 Å². The van der Waals surface area contributed by atoms with E-state index in [4.69, 9.17) is 26.5 Å². The fourth-order valence-electron chi connectivity index (χ4n) is 1.08. The van der Waals surface area contributed by atoms with Crippen LogP contribution in [0.15, 0.2) is 34.9 Å². The van der Waals surface area contributed by atoms with Gasteiger partial charge in [-0.3, -0.25) is 0 Å². The first kappa shape index (κ1) is 9.86. The van der Waals surface area contributed by atoms with E-state index in [0.717, 1.165) is 5.75 Å². The van der Waals surface area contributed by atoms with E-state index in [0.29, 0.717) is 17.3 Å². The fourth-order valence-corrected chi connectivity index (χ4v) is 1.20. The van der Waals surface area contributed by atoms with E-state index in [9.17, 15) is 0 Å². The van der Waals surface area contributed by atoms with Gasteiger partial charge in [-0.15, -0.1) is 0 Å².